The lowest BCUT2D eigenvalue weighted by molar-refractivity contribution is -0.123. The molecule has 94 valence electrons. The minimum absolute atomic E-state index is 0.0935. The molecule has 0 saturated heterocycles. The van der Waals surface area contributed by atoms with E-state index >= 15 is 0 Å². The first-order valence-electron chi connectivity index (χ1n) is 5.47. The van der Waals surface area contributed by atoms with Crippen molar-refractivity contribution in [1.29, 1.82) is 0 Å². The van der Waals surface area contributed by atoms with Crippen LogP contribution in [0.25, 0.3) is 0 Å². The lowest BCUT2D eigenvalue weighted by atomic mass is 9.95. The quantitative estimate of drug-likeness (QED) is 0.767. The average Bonchev–Trinajstić information content (AvgIpc) is 2.69. The predicted octanol–water partition coefficient (Wildman–Crippen LogP) is 1.36. The lowest BCUT2D eigenvalue weighted by Crippen LogP contribution is -2.41. The summed E-state index contributed by atoms with van der Waals surface area (Å²) in [5.41, 5.74) is 5.57. The third-order valence-electron chi connectivity index (χ3n) is 2.38. The van der Waals surface area contributed by atoms with E-state index < -0.39 is 0 Å². The number of hydrogen-bond acceptors (Lipinski definition) is 4. The van der Waals surface area contributed by atoms with E-state index in [1.807, 2.05) is 19.2 Å². The van der Waals surface area contributed by atoms with Gasteiger partial charge in [0.2, 0.25) is 5.91 Å². The molecule has 1 aromatic heterocycles. The maximum Gasteiger partial charge on any atom is 0.230 e. The van der Waals surface area contributed by atoms with Gasteiger partial charge < -0.3 is 11.1 Å². The van der Waals surface area contributed by atoms with Gasteiger partial charge in [0.05, 0.1) is 15.9 Å². The van der Waals surface area contributed by atoms with Gasteiger partial charge in [0.25, 0.3) is 0 Å². The van der Waals surface area contributed by atoms with Crippen molar-refractivity contribution >= 4 is 34.5 Å². The first kappa shape index (κ1) is 14.1. The molecule has 0 bridgehead atoms. The molecule has 4 nitrogen and oxygen atoms in total. The zero-order chi connectivity index (χ0) is 12.8. The van der Waals surface area contributed by atoms with Gasteiger partial charge in [-0.3, -0.25) is 4.79 Å². The zero-order valence-electron chi connectivity index (χ0n) is 9.97. The van der Waals surface area contributed by atoms with E-state index in [1.165, 1.54) is 0 Å². The van der Waals surface area contributed by atoms with Crippen molar-refractivity contribution in [1.82, 2.24) is 10.3 Å². The number of rotatable bonds is 6. The normalized spacial score (nSPS) is 12.4. The summed E-state index contributed by atoms with van der Waals surface area (Å²) < 4.78 is 0. The van der Waals surface area contributed by atoms with Gasteiger partial charge >= 0.3 is 0 Å². The molecule has 0 fully saturated rings. The number of thiocarbonyl (C=S) groups is 1. The van der Waals surface area contributed by atoms with Crippen LogP contribution in [0, 0.1) is 11.8 Å². The predicted molar refractivity (Wildman–Crippen MR) is 73.9 cm³/mol. The van der Waals surface area contributed by atoms with E-state index in [0.717, 1.165) is 11.4 Å². The van der Waals surface area contributed by atoms with Gasteiger partial charge in [-0.2, -0.15) is 0 Å². The second-order valence-corrected chi connectivity index (χ2v) is 5.54. The highest BCUT2D eigenvalue weighted by Crippen LogP contribution is 2.11. The highest BCUT2D eigenvalue weighted by Gasteiger charge is 2.24. The summed E-state index contributed by atoms with van der Waals surface area (Å²) in [6, 6.07) is 0. The molecule has 1 atom stereocenters. The summed E-state index contributed by atoms with van der Waals surface area (Å²) in [4.78, 5) is 16.3. The fourth-order valence-electron chi connectivity index (χ4n) is 1.54. The molecule has 0 aliphatic rings. The maximum atomic E-state index is 11.9. The van der Waals surface area contributed by atoms with Crippen LogP contribution < -0.4 is 11.1 Å². The number of nitrogens with two attached hydrogens (primary N) is 1. The Morgan fingerprint density at radius 2 is 2.35 bits per heavy atom. The molecule has 0 saturated carbocycles. The number of thiazole rings is 1. The summed E-state index contributed by atoms with van der Waals surface area (Å²) in [5, 5.41) is 5.78. The highest BCUT2D eigenvalue weighted by atomic mass is 32.1. The number of carbonyl (C=O) groups excluding carboxylic acids is 1. The SMILES string of the molecule is CC(C)C(C(=O)NCCc1nccs1)C(N)=S. The Balaban J connectivity index is 2.40. The van der Waals surface area contributed by atoms with Gasteiger partial charge in [-0.05, 0) is 5.92 Å². The Labute approximate surface area is 111 Å². The molecule has 0 aliphatic carbocycles. The van der Waals surface area contributed by atoms with Crippen LogP contribution in [0.3, 0.4) is 0 Å². The monoisotopic (exact) mass is 271 g/mol. The highest BCUT2D eigenvalue weighted by molar-refractivity contribution is 7.80. The molecule has 3 N–H and O–H groups in total. The minimum Gasteiger partial charge on any atom is -0.393 e. The largest absolute Gasteiger partial charge is 0.393 e. The molecule has 1 unspecified atom stereocenters. The van der Waals surface area contributed by atoms with Crippen LogP contribution in [0.1, 0.15) is 18.9 Å². The number of nitrogens with one attached hydrogen (secondary N) is 1. The third-order valence-corrected chi connectivity index (χ3v) is 3.47. The van der Waals surface area contributed by atoms with Crippen molar-refractivity contribution in [3.8, 4) is 0 Å². The second kappa shape index (κ2) is 6.66. The van der Waals surface area contributed by atoms with Crippen LogP contribution in [0.15, 0.2) is 11.6 Å². The Morgan fingerprint density at radius 3 is 2.82 bits per heavy atom. The molecule has 17 heavy (non-hydrogen) atoms. The number of hydrogen-bond donors (Lipinski definition) is 2. The minimum atomic E-state index is -0.388. The molecule has 0 aromatic carbocycles. The first-order valence-corrected chi connectivity index (χ1v) is 6.76. The number of amides is 1. The van der Waals surface area contributed by atoms with Gasteiger partial charge in [-0.25, -0.2) is 4.98 Å². The summed E-state index contributed by atoms with van der Waals surface area (Å²) >= 11 is 6.49. The Bertz CT molecular complexity index is 376. The van der Waals surface area contributed by atoms with E-state index in [2.05, 4.69) is 10.3 Å². The number of nitrogens with zero attached hydrogens (tertiary/aromatic N) is 1. The third kappa shape index (κ3) is 4.40. The summed E-state index contributed by atoms with van der Waals surface area (Å²) in [6.45, 7) is 4.44. The van der Waals surface area contributed by atoms with Crippen molar-refractivity contribution in [2.45, 2.75) is 20.3 Å². The van der Waals surface area contributed by atoms with Crippen molar-refractivity contribution in [3.05, 3.63) is 16.6 Å². The smallest absolute Gasteiger partial charge is 0.230 e. The molecule has 1 rings (SSSR count). The topological polar surface area (TPSA) is 68.0 Å². The maximum absolute atomic E-state index is 11.9. The Morgan fingerprint density at radius 1 is 1.65 bits per heavy atom. The Hall–Kier alpha value is -1.01. The standard InChI is InChI=1S/C11H17N3OS2/c1-7(2)9(10(12)16)11(15)14-4-3-8-13-5-6-17-8/h5-7,9H,3-4H2,1-2H3,(H2,12,16)(H,14,15). The summed E-state index contributed by atoms with van der Waals surface area (Å²) in [7, 11) is 0. The fourth-order valence-corrected chi connectivity index (χ4v) is 2.54. The number of aromatic nitrogens is 1. The van der Waals surface area contributed by atoms with E-state index in [1.54, 1.807) is 17.5 Å². The van der Waals surface area contributed by atoms with Crippen molar-refractivity contribution in [3.63, 3.8) is 0 Å². The lowest BCUT2D eigenvalue weighted by Gasteiger charge is -2.18. The van der Waals surface area contributed by atoms with E-state index in [4.69, 9.17) is 18.0 Å². The van der Waals surface area contributed by atoms with Gasteiger partial charge in [0.15, 0.2) is 0 Å². The summed E-state index contributed by atoms with van der Waals surface area (Å²) in [5.74, 6) is -0.363. The molecule has 0 aliphatic heterocycles. The van der Waals surface area contributed by atoms with Crippen LogP contribution in [-0.2, 0) is 11.2 Å². The Kier molecular flexibility index (Phi) is 5.50. The van der Waals surface area contributed by atoms with E-state index in [9.17, 15) is 4.79 Å². The van der Waals surface area contributed by atoms with E-state index in [0.29, 0.717) is 6.54 Å². The molecule has 0 radical (unpaired) electrons. The van der Waals surface area contributed by atoms with Crippen LogP contribution in [0.5, 0.6) is 0 Å². The fraction of sp³-hybridized carbons (Fsp3) is 0.545. The van der Waals surface area contributed by atoms with E-state index in [-0.39, 0.29) is 22.7 Å². The van der Waals surface area contributed by atoms with Crippen molar-refractivity contribution in [2.75, 3.05) is 6.54 Å². The van der Waals surface area contributed by atoms with Crippen LogP contribution in [-0.4, -0.2) is 22.4 Å². The molecular weight excluding hydrogens is 254 g/mol. The molecule has 1 aromatic rings. The van der Waals surface area contributed by atoms with Crippen molar-refractivity contribution in [2.24, 2.45) is 17.6 Å². The van der Waals surface area contributed by atoms with Crippen LogP contribution in [0.2, 0.25) is 0 Å². The second-order valence-electron chi connectivity index (χ2n) is 4.09. The van der Waals surface area contributed by atoms with Gasteiger partial charge in [0, 0.05) is 24.5 Å². The summed E-state index contributed by atoms with van der Waals surface area (Å²) in [6.07, 6.45) is 2.50. The van der Waals surface area contributed by atoms with Crippen LogP contribution >= 0.6 is 23.6 Å². The first-order chi connectivity index (χ1) is 8.02. The van der Waals surface area contributed by atoms with Gasteiger partial charge in [0.1, 0.15) is 0 Å². The number of carbonyl (C=O) groups is 1. The molecular formula is C11H17N3OS2. The van der Waals surface area contributed by atoms with Gasteiger partial charge in [-0.15, -0.1) is 11.3 Å². The molecule has 1 heterocycles. The zero-order valence-corrected chi connectivity index (χ0v) is 11.6. The molecule has 1 amide bonds. The van der Waals surface area contributed by atoms with Crippen LogP contribution in [0.4, 0.5) is 0 Å². The molecule has 0 spiro atoms. The van der Waals surface area contributed by atoms with Crippen molar-refractivity contribution < 1.29 is 4.79 Å². The molecule has 6 heteroatoms. The van der Waals surface area contributed by atoms with Gasteiger partial charge in [-0.1, -0.05) is 26.1 Å². The average molecular weight is 271 g/mol.